The molecule has 1 aromatic rings. The number of nitrogens with zero attached hydrogens (tertiary/aromatic N) is 1. The van der Waals surface area contributed by atoms with Gasteiger partial charge in [0, 0.05) is 29.3 Å². The minimum absolute atomic E-state index is 0.144. The van der Waals surface area contributed by atoms with Crippen molar-refractivity contribution < 1.29 is 13.9 Å². The molecule has 0 atom stereocenters. The van der Waals surface area contributed by atoms with Crippen molar-refractivity contribution in [3.63, 3.8) is 0 Å². The standard InChI is InChI=1S/C14H19BrF2N2O/c15-13-7-12(19(5-6-20)9-14(16)17)4-1-10(13)8-18-11-2-3-11/h1,4,7,11,14,18,20H,2-3,5-6,8-9H2. The van der Waals surface area contributed by atoms with Gasteiger partial charge in [0.05, 0.1) is 13.2 Å². The third-order valence-corrected chi connectivity index (χ3v) is 4.03. The lowest BCUT2D eigenvalue weighted by molar-refractivity contribution is 0.153. The maximum absolute atomic E-state index is 12.5. The Balaban J connectivity index is 2.03. The summed E-state index contributed by atoms with van der Waals surface area (Å²) in [7, 11) is 0. The van der Waals surface area contributed by atoms with E-state index in [1.807, 2.05) is 18.2 Å². The topological polar surface area (TPSA) is 35.5 Å². The van der Waals surface area contributed by atoms with Crippen molar-refractivity contribution in [1.29, 1.82) is 0 Å². The molecule has 0 saturated heterocycles. The van der Waals surface area contributed by atoms with Crippen LogP contribution in [0.2, 0.25) is 0 Å². The first-order valence-electron chi connectivity index (χ1n) is 6.76. The number of aliphatic hydroxyl groups excluding tert-OH is 1. The molecule has 0 aliphatic heterocycles. The molecule has 0 heterocycles. The fourth-order valence-corrected chi connectivity index (χ4v) is 2.54. The number of hydrogen-bond donors (Lipinski definition) is 2. The summed E-state index contributed by atoms with van der Waals surface area (Å²) in [5.41, 5.74) is 1.81. The van der Waals surface area contributed by atoms with Gasteiger partial charge in [-0.2, -0.15) is 0 Å². The van der Waals surface area contributed by atoms with Crippen LogP contribution in [0.15, 0.2) is 22.7 Å². The Kier molecular flexibility index (Phi) is 5.74. The van der Waals surface area contributed by atoms with Crippen LogP contribution in [0.5, 0.6) is 0 Å². The Hall–Kier alpha value is -0.720. The van der Waals surface area contributed by atoms with Crippen molar-refractivity contribution in [2.24, 2.45) is 0 Å². The summed E-state index contributed by atoms with van der Waals surface area (Å²) in [6.07, 6.45) is 0.0412. The van der Waals surface area contributed by atoms with E-state index in [0.29, 0.717) is 11.7 Å². The predicted molar refractivity (Wildman–Crippen MR) is 79.3 cm³/mol. The predicted octanol–water partition coefficient (Wildman–Crippen LogP) is 2.76. The molecule has 2 N–H and O–H groups in total. The second-order valence-electron chi connectivity index (χ2n) is 4.99. The molecule has 0 aromatic heterocycles. The molecular weight excluding hydrogens is 330 g/mol. The van der Waals surface area contributed by atoms with Crippen LogP contribution in [0.1, 0.15) is 18.4 Å². The summed E-state index contributed by atoms with van der Waals surface area (Å²) in [5.74, 6) is 0. The fourth-order valence-electron chi connectivity index (χ4n) is 2.03. The van der Waals surface area contributed by atoms with Crippen molar-refractivity contribution in [1.82, 2.24) is 5.32 Å². The van der Waals surface area contributed by atoms with E-state index in [1.54, 1.807) is 0 Å². The van der Waals surface area contributed by atoms with Crippen LogP contribution in [-0.4, -0.2) is 37.3 Å². The molecule has 0 spiro atoms. The van der Waals surface area contributed by atoms with Gasteiger partial charge in [0.25, 0.3) is 6.43 Å². The zero-order chi connectivity index (χ0) is 14.5. The molecule has 1 aliphatic carbocycles. The van der Waals surface area contributed by atoms with E-state index in [-0.39, 0.29) is 19.7 Å². The zero-order valence-electron chi connectivity index (χ0n) is 11.2. The molecule has 0 unspecified atom stereocenters. The highest BCUT2D eigenvalue weighted by Crippen LogP contribution is 2.26. The summed E-state index contributed by atoms with van der Waals surface area (Å²) in [5, 5.41) is 12.4. The summed E-state index contributed by atoms with van der Waals surface area (Å²) >= 11 is 3.49. The number of hydrogen-bond acceptors (Lipinski definition) is 3. The second-order valence-corrected chi connectivity index (χ2v) is 5.85. The first-order valence-corrected chi connectivity index (χ1v) is 7.55. The van der Waals surface area contributed by atoms with Crippen LogP contribution < -0.4 is 10.2 Å². The van der Waals surface area contributed by atoms with Crippen molar-refractivity contribution in [2.75, 3.05) is 24.6 Å². The van der Waals surface area contributed by atoms with Gasteiger partial charge in [0.1, 0.15) is 0 Å². The molecule has 1 saturated carbocycles. The number of rotatable bonds is 8. The smallest absolute Gasteiger partial charge is 0.255 e. The lowest BCUT2D eigenvalue weighted by Crippen LogP contribution is -2.31. The molecule has 1 aromatic carbocycles. The number of halogens is 3. The van der Waals surface area contributed by atoms with E-state index in [2.05, 4.69) is 21.2 Å². The lowest BCUT2D eigenvalue weighted by Gasteiger charge is -2.24. The summed E-state index contributed by atoms with van der Waals surface area (Å²) in [4.78, 5) is 1.49. The zero-order valence-corrected chi connectivity index (χ0v) is 12.7. The van der Waals surface area contributed by atoms with E-state index in [1.165, 1.54) is 17.7 Å². The van der Waals surface area contributed by atoms with Crippen LogP contribution in [0.4, 0.5) is 14.5 Å². The Morgan fingerprint density at radius 2 is 2.15 bits per heavy atom. The molecule has 2 rings (SSSR count). The maximum Gasteiger partial charge on any atom is 0.255 e. The molecule has 3 nitrogen and oxygen atoms in total. The molecule has 112 valence electrons. The van der Waals surface area contributed by atoms with Crippen LogP contribution in [0.3, 0.4) is 0 Å². The van der Waals surface area contributed by atoms with Crippen LogP contribution in [-0.2, 0) is 6.54 Å². The molecule has 1 fully saturated rings. The van der Waals surface area contributed by atoms with Gasteiger partial charge in [-0.15, -0.1) is 0 Å². The number of aliphatic hydroxyl groups is 1. The molecule has 0 amide bonds. The van der Waals surface area contributed by atoms with Gasteiger partial charge < -0.3 is 15.3 Å². The van der Waals surface area contributed by atoms with Gasteiger partial charge in [0.2, 0.25) is 0 Å². The molecule has 0 bridgehead atoms. The highest BCUT2D eigenvalue weighted by Gasteiger charge is 2.20. The highest BCUT2D eigenvalue weighted by atomic mass is 79.9. The van der Waals surface area contributed by atoms with Crippen LogP contribution in [0.25, 0.3) is 0 Å². The van der Waals surface area contributed by atoms with Crippen molar-refractivity contribution >= 4 is 21.6 Å². The molecule has 0 radical (unpaired) electrons. The average Bonchev–Trinajstić information content (AvgIpc) is 3.20. The van der Waals surface area contributed by atoms with Gasteiger partial charge in [-0.25, -0.2) is 8.78 Å². The van der Waals surface area contributed by atoms with Crippen LogP contribution in [0, 0.1) is 0 Å². The Morgan fingerprint density at radius 3 is 2.70 bits per heavy atom. The number of anilines is 1. The van der Waals surface area contributed by atoms with Gasteiger partial charge in [-0.05, 0) is 30.5 Å². The molecule has 6 heteroatoms. The van der Waals surface area contributed by atoms with Gasteiger partial charge in [-0.3, -0.25) is 0 Å². The molecule has 1 aliphatic rings. The lowest BCUT2D eigenvalue weighted by atomic mass is 10.2. The van der Waals surface area contributed by atoms with Gasteiger partial charge >= 0.3 is 0 Å². The van der Waals surface area contributed by atoms with E-state index in [0.717, 1.165) is 16.6 Å². The van der Waals surface area contributed by atoms with E-state index >= 15 is 0 Å². The van der Waals surface area contributed by atoms with E-state index < -0.39 is 6.43 Å². The molecule has 20 heavy (non-hydrogen) atoms. The Bertz CT molecular complexity index is 441. The first-order chi connectivity index (χ1) is 9.60. The van der Waals surface area contributed by atoms with Gasteiger partial charge in [-0.1, -0.05) is 22.0 Å². The quantitative estimate of drug-likeness (QED) is 0.758. The molecular formula is C14H19BrF2N2O. The fraction of sp³-hybridized carbons (Fsp3) is 0.571. The minimum atomic E-state index is -2.42. The third kappa shape index (κ3) is 4.68. The summed E-state index contributed by atoms with van der Waals surface area (Å²) in [6, 6.07) is 6.23. The van der Waals surface area contributed by atoms with Crippen molar-refractivity contribution in [3.8, 4) is 0 Å². The van der Waals surface area contributed by atoms with E-state index in [4.69, 9.17) is 5.11 Å². The second kappa shape index (κ2) is 7.33. The SMILES string of the molecule is OCCN(CC(F)F)c1ccc(CNC2CC2)c(Br)c1. The number of alkyl halides is 2. The normalized spacial score (nSPS) is 14.8. The van der Waals surface area contributed by atoms with Gasteiger partial charge in [0.15, 0.2) is 0 Å². The largest absolute Gasteiger partial charge is 0.395 e. The highest BCUT2D eigenvalue weighted by molar-refractivity contribution is 9.10. The summed E-state index contributed by atoms with van der Waals surface area (Å²) < 4.78 is 26.0. The summed E-state index contributed by atoms with van der Waals surface area (Å²) in [6.45, 7) is 0.471. The van der Waals surface area contributed by atoms with E-state index in [9.17, 15) is 8.78 Å². The van der Waals surface area contributed by atoms with Crippen molar-refractivity contribution in [2.45, 2.75) is 31.9 Å². The Morgan fingerprint density at radius 1 is 1.40 bits per heavy atom. The Labute approximate surface area is 126 Å². The average molecular weight is 349 g/mol. The number of benzene rings is 1. The van der Waals surface area contributed by atoms with Crippen molar-refractivity contribution in [3.05, 3.63) is 28.2 Å². The minimum Gasteiger partial charge on any atom is -0.395 e. The number of nitrogens with one attached hydrogen (secondary N) is 1. The maximum atomic E-state index is 12.5. The first kappa shape index (κ1) is 15.7. The third-order valence-electron chi connectivity index (χ3n) is 3.29. The van der Waals surface area contributed by atoms with Crippen LogP contribution >= 0.6 is 15.9 Å². The monoisotopic (exact) mass is 348 g/mol.